The fourth-order valence-corrected chi connectivity index (χ4v) is 16.4. The van der Waals surface area contributed by atoms with Gasteiger partial charge < -0.3 is 141 Å². The molecular formula is C103H177N25O19. The predicted octanol–water partition coefficient (Wildman–Crippen LogP) is 0.206. The van der Waals surface area contributed by atoms with E-state index in [0.717, 1.165) is 10.9 Å². The number of benzene rings is 2. The number of carbonyl (C=O) groups is 18. The molecular weight excluding hydrogens is 1890 g/mol. The molecule has 0 saturated heterocycles. The molecule has 1 aromatic heterocycles. The van der Waals surface area contributed by atoms with Gasteiger partial charge in [-0.1, -0.05) is 165 Å². The summed E-state index contributed by atoms with van der Waals surface area (Å²) in [7, 11) is 0. The first-order valence-corrected chi connectivity index (χ1v) is 52.6. The summed E-state index contributed by atoms with van der Waals surface area (Å²) in [5.74, 6) is -17.4. The van der Waals surface area contributed by atoms with Crippen molar-refractivity contribution in [1.82, 2.24) is 95.4 Å². The molecule has 0 aliphatic carbocycles. The van der Waals surface area contributed by atoms with Crippen LogP contribution in [-0.2, 0) is 99.1 Å². The lowest BCUT2D eigenvalue weighted by Crippen LogP contribution is -2.61. The van der Waals surface area contributed by atoms with Crippen molar-refractivity contribution in [1.29, 1.82) is 0 Å². The summed E-state index contributed by atoms with van der Waals surface area (Å²) in [4.78, 5) is 259. The van der Waals surface area contributed by atoms with Crippen molar-refractivity contribution in [3.8, 4) is 0 Å². The van der Waals surface area contributed by atoms with E-state index in [1.54, 1.807) is 106 Å². The summed E-state index contributed by atoms with van der Waals surface area (Å²) >= 11 is 0. The fraction of sp³-hybridized carbons (Fsp3) is 0.689. The molecule has 0 spiro atoms. The van der Waals surface area contributed by atoms with Gasteiger partial charge in [0.1, 0.15) is 90.6 Å². The van der Waals surface area contributed by atoms with Crippen LogP contribution in [0.15, 0.2) is 60.8 Å². The van der Waals surface area contributed by atoms with Gasteiger partial charge in [-0.05, 0) is 233 Å². The molecule has 0 aliphatic heterocycles. The van der Waals surface area contributed by atoms with Gasteiger partial charge in [-0.25, -0.2) is 4.79 Å². The van der Waals surface area contributed by atoms with Crippen LogP contribution in [0.2, 0.25) is 0 Å². The zero-order valence-electron chi connectivity index (χ0n) is 89.2. The first kappa shape index (κ1) is 129. The normalized spacial score (nSPS) is 15.1. The topological polar surface area (TPSA) is 730 Å². The van der Waals surface area contributed by atoms with E-state index < -0.39 is 240 Å². The van der Waals surface area contributed by atoms with Crippen molar-refractivity contribution in [3.05, 3.63) is 71.9 Å². The second kappa shape index (κ2) is 70.1. The molecule has 0 unspecified atom stereocenters. The molecule has 0 aliphatic rings. The molecule has 3 rings (SSSR count). The van der Waals surface area contributed by atoms with Crippen molar-refractivity contribution >= 4 is 117 Å². The van der Waals surface area contributed by atoms with E-state index in [1.807, 2.05) is 52.0 Å². The summed E-state index contributed by atoms with van der Waals surface area (Å²) in [5, 5.41) is 56.8. The number of aromatic nitrogens is 1. The number of H-pyrrole nitrogens is 1. The standard InChI is InChI=1S/C103H177N25O19/c1-16-64(13)86(99(142)112-57-82(129)114-66(15)88(131)126-84(62(9)10)101(144)123-78(52-60(5)6)94(137)118-74(42-26-32-48-107)92(135)127-85(63(11)12)102(145)124-79(53-61(7)8)95(138)119-76(103(146)147)44-28-34-50-109)125-83(130)58-113-100(143)87(65(14)17-2)128-93(136)75(43-27-33-49-108)115-90(133)72(40-24-30-46-105)116-97(140)80(54-67-35-19-18-20-36-67)122-96(139)77(51-59(3)4)121-91(134)73(41-25-31-47-106)117-98(141)81(120-89(132)70(110)38-23-29-45-104)55-68-56-111-71-39-22-21-37-69(68)71/h18-22,35-37,39,56,59-66,70,72-81,84-87,111H,16-17,23-34,38,40-55,57-58,104-110H2,1-15H3,(H,112,142)(H,113,143)(H,114,129)(H,115,133)(H,116,140)(H,117,141)(H,118,137)(H,119,138)(H,120,132)(H,121,134)(H,122,139)(H,123,144)(H,124,145)(H,125,130)(H,126,131)(H,127,135)(H,128,136)(H,146,147)/t64-,65-,66-,70-,72-,73-,74-,75-,76-,77-,78-,79-,80-,81-,84-,85-,86-,87-/m0/s1. The molecule has 33 N–H and O–H groups in total. The second-order valence-electron chi connectivity index (χ2n) is 40.4. The number of carbonyl (C=O) groups excluding carboxylic acids is 17. The molecule has 44 heteroatoms. The van der Waals surface area contributed by atoms with E-state index in [-0.39, 0.29) is 108 Å². The number of hydrogen-bond acceptors (Lipinski definition) is 25. The third-order valence-electron chi connectivity index (χ3n) is 25.6. The zero-order chi connectivity index (χ0) is 110. The molecule has 0 fully saturated rings. The number of rotatable bonds is 75. The average molecular weight is 2070 g/mol. The van der Waals surface area contributed by atoms with Crippen LogP contribution in [0.1, 0.15) is 263 Å². The number of aromatic amines is 1. The zero-order valence-corrected chi connectivity index (χ0v) is 89.2. The van der Waals surface area contributed by atoms with Gasteiger partial charge in [0.15, 0.2) is 0 Å². The lowest BCUT2D eigenvalue weighted by Gasteiger charge is -2.30. The van der Waals surface area contributed by atoms with Crippen LogP contribution in [0.4, 0.5) is 0 Å². The Morgan fingerprint density at radius 1 is 0.299 bits per heavy atom. The van der Waals surface area contributed by atoms with Crippen molar-refractivity contribution in [2.24, 2.45) is 81.6 Å². The molecule has 3 aromatic rings. The number of unbranched alkanes of at least 4 members (excludes halogenated alkanes) is 6. The minimum absolute atomic E-state index is 0.000165. The van der Waals surface area contributed by atoms with Gasteiger partial charge in [-0.15, -0.1) is 0 Å². The summed E-state index contributed by atoms with van der Waals surface area (Å²) in [6.07, 6.45) is 8.28. The van der Waals surface area contributed by atoms with Crippen LogP contribution in [-0.4, -0.2) is 266 Å². The van der Waals surface area contributed by atoms with Gasteiger partial charge in [0.25, 0.3) is 0 Å². The third-order valence-corrected chi connectivity index (χ3v) is 25.6. The Morgan fingerprint density at radius 2 is 0.599 bits per heavy atom. The van der Waals surface area contributed by atoms with E-state index in [4.69, 9.17) is 40.1 Å². The Morgan fingerprint density at radius 3 is 0.980 bits per heavy atom. The lowest BCUT2D eigenvalue weighted by atomic mass is 9.97. The van der Waals surface area contributed by atoms with E-state index in [1.165, 1.54) is 6.92 Å². The van der Waals surface area contributed by atoms with E-state index in [9.17, 15) is 86.6 Å². The number of fused-ring (bicyclic) bond motifs is 1. The maximum atomic E-state index is 15.1. The van der Waals surface area contributed by atoms with Gasteiger partial charge in [0, 0.05) is 29.9 Å². The molecule has 17 amide bonds. The van der Waals surface area contributed by atoms with Crippen LogP contribution >= 0.6 is 0 Å². The number of amides is 17. The monoisotopic (exact) mass is 2070 g/mol. The van der Waals surface area contributed by atoms with Gasteiger partial charge in [0.05, 0.1) is 19.1 Å². The maximum absolute atomic E-state index is 15.1. The minimum atomic E-state index is -1.41. The smallest absolute Gasteiger partial charge is 0.326 e. The molecule has 0 radical (unpaired) electrons. The van der Waals surface area contributed by atoms with Crippen LogP contribution in [0, 0.1) is 41.4 Å². The van der Waals surface area contributed by atoms with E-state index >= 15 is 4.79 Å². The lowest BCUT2D eigenvalue weighted by molar-refractivity contribution is -0.142. The largest absolute Gasteiger partial charge is 0.480 e. The predicted molar refractivity (Wildman–Crippen MR) is 563 cm³/mol. The summed E-state index contributed by atoms with van der Waals surface area (Å²) in [6.45, 7) is 25.9. The van der Waals surface area contributed by atoms with Crippen molar-refractivity contribution in [3.63, 3.8) is 0 Å². The number of nitrogens with two attached hydrogens (primary N) is 7. The number of carboxylic acids is 1. The number of nitrogens with one attached hydrogen (secondary N) is 18. The molecule has 18 atom stereocenters. The average Bonchev–Trinajstić information content (AvgIpc) is 1.72. The number of carboxylic acid groups (broad SMARTS) is 1. The highest BCUT2D eigenvalue weighted by Gasteiger charge is 2.41. The highest BCUT2D eigenvalue weighted by atomic mass is 16.4. The van der Waals surface area contributed by atoms with E-state index in [0.29, 0.717) is 121 Å². The summed E-state index contributed by atoms with van der Waals surface area (Å²) in [6, 6.07) is -4.23. The maximum Gasteiger partial charge on any atom is 0.326 e. The van der Waals surface area contributed by atoms with Crippen LogP contribution in [0.5, 0.6) is 0 Å². The number of hydrogen-bond donors (Lipinski definition) is 26. The molecule has 0 bridgehead atoms. The fourth-order valence-electron chi connectivity index (χ4n) is 16.4. The first-order valence-electron chi connectivity index (χ1n) is 52.6. The van der Waals surface area contributed by atoms with Gasteiger partial charge in [-0.2, -0.15) is 0 Å². The van der Waals surface area contributed by atoms with Gasteiger partial charge >= 0.3 is 5.97 Å². The summed E-state index contributed by atoms with van der Waals surface area (Å²) < 4.78 is 0. The highest BCUT2D eigenvalue weighted by Crippen LogP contribution is 2.23. The Hall–Kier alpha value is -11.8. The Balaban J connectivity index is 1.82. The van der Waals surface area contributed by atoms with Crippen molar-refractivity contribution in [2.45, 2.75) is 361 Å². The number of para-hydroxylation sites is 1. The number of aliphatic carboxylic acids is 1. The SMILES string of the molecule is CC[C@H](C)[C@H](NC(=O)CNC(=O)[C@@H](NC(=O)[C@H](CCCCN)NC(=O)[C@H](CCCCN)NC(=O)[C@H](Cc1ccccc1)NC(=O)[C@H](CC(C)C)NC(=O)[C@H](CCCCN)NC(=O)[C@H](Cc1c[nH]c2ccccc12)NC(=O)[C@@H](N)CCCCN)[C@@H](C)CC)C(=O)NCC(=O)N[C@@H](C)C(=O)N[C@H](C(=O)N[C@@H](CC(C)C)C(=O)N[C@@H](CCCCN)C(=O)N[C@H](C(=O)N[C@@H](CC(C)C)C(=O)N[C@@H](CCCCN)C(=O)O)C(C)C)C(C)C. The van der Waals surface area contributed by atoms with Crippen molar-refractivity contribution in [2.75, 3.05) is 52.4 Å². The molecule has 44 nitrogen and oxygen atoms in total. The molecule has 147 heavy (non-hydrogen) atoms. The Bertz CT molecular complexity index is 4620. The summed E-state index contributed by atoms with van der Waals surface area (Å²) in [5.41, 5.74) is 43.4. The Kier molecular flexibility index (Phi) is 61.7. The quantitative estimate of drug-likeness (QED) is 0.0336. The molecule has 0 saturated carbocycles. The second-order valence-corrected chi connectivity index (χ2v) is 40.4. The van der Waals surface area contributed by atoms with Crippen LogP contribution in [0.3, 0.4) is 0 Å². The Labute approximate surface area is 866 Å². The molecule has 828 valence electrons. The van der Waals surface area contributed by atoms with Crippen LogP contribution in [0.25, 0.3) is 10.9 Å². The van der Waals surface area contributed by atoms with Gasteiger partial charge in [0.2, 0.25) is 100 Å². The molecule has 2 aromatic carbocycles. The third kappa shape index (κ3) is 48.3. The molecule has 1 heterocycles. The van der Waals surface area contributed by atoms with E-state index in [2.05, 4.69) is 95.4 Å². The minimum Gasteiger partial charge on any atom is -0.480 e. The van der Waals surface area contributed by atoms with Gasteiger partial charge in [-0.3, -0.25) is 81.5 Å². The van der Waals surface area contributed by atoms with Crippen molar-refractivity contribution < 1.29 is 91.4 Å². The first-order chi connectivity index (χ1) is 69.7. The highest BCUT2D eigenvalue weighted by molar-refractivity contribution is 6.01. The van der Waals surface area contributed by atoms with Crippen LogP contribution < -0.4 is 131 Å².